The molecule has 0 saturated heterocycles. The summed E-state index contributed by atoms with van der Waals surface area (Å²) >= 11 is 0. The summed E-state index contributed by atoms with van der Waals surface area (Å²) in [5, 5.41) is 3.94. The number of nitrogens with zero attached hydrogens (tertiary/aromatic N) is 5. The molecule has 0 unspecified atom stereocenters. The Hall–Kier alpha value is -2.83. The average Bonchev–Trinajstić information content (AvgIpc) is 2.53. The Balaban J connectivity index is 2.15. The molecule has 2 rings (SSSR count). The van der Waals surface area contributed by atoms with Gasteiger partial charge in [0.05, 0.1) is 18.2 Å². The van der Waals surface area contributed by atoms with Crippen LogP contribution in [0, 0.1) is 5.82 Å². The molecule has 22 heavy (non-hydrogen) atoms. The molecule has 6 nitrogen and oxygen atoms in total. The third-order valence-corrected chi connectivity index (χ3v) is 2.57. The van der Waals surface area contributed by atoms with E-state index in [-0.39, 0.29) is 11.8 Å². The molecule has 0 N–H and O–H groups in total. The minimum atomic E-state index is -0.630. The second kappa shape index (κ2) is 7.26. The maximum absolute atomic E-state index is 13.5. The van der Waals surface area contributed by atoms with E-state index in [0.29, 0.717) is 5.71 Å². The van der Waals surface area contributed by atoms with Gasteiger partial charge in [-0.3, -0.25) is 0 Å². The summed E-state index contributed by atoms with van der Waals surface area (Å²) in [7, 11) is 3.54. The van der Waals surface area contributed by atoms with Crippen molar-refractivity contribution in [1.29, 1.82) is 0 Å². The summed E-state index contributed by atoms with van der Waals surface area (Å²) in [6.45, 7) is 1.80. The predicted molar refractivity (Wildman–Crippen MR) is 83.1 cm³/mol. The molecular weight excluding hydrogens is 285 g/mol. The molecule has 0 amide bonds. The number of oxime groups is 1. The fraction of sp³-hybridized carbons (Fsp3) is 0.200. The second-order valence-electron chi connectivity index (χ2n) is 4.67. The van der Waals surface area contributed by atoms with Gasteiger partial charge in [0.15, 0.2) is 11.6 Å². The third-order valence-electron chi connectivity index (χ3n) is 2.57. The van der Waals surface area contributed by atoms with Crippen molar-refractivity contribution in [3.8, 4) is 6.01 Å². The van der Waals surface area contributed by atoms with Gasteiger partial charge < -0.3 is 9.74 Å². The van der Waals surface area contributed by atoms with Crippen molar-refractivity contribution in [2.24, 2.45) is 10.1 Å². The Morgan fingerprint density at radius 3 is 2.68 bits per heavy atom. The van der Waals surface area contributed by atoms with Crippen molar-refractivity contribution in [2.45, 2.75) is 6.92 Å². The fourth-order valence-corrected chi connectivity index (χ4v) is 1.49. The van der Waals surface area contributed by atoms with Gasteiger partial charge in [-0.15, -0.1) is 0 Å². The van der Waals surface area contributed by atoms with Crippen molar-refractivity contribution in [1.82, 2.24) is 14.9 Å². The first-order valence-electron chi connectivity index (χ1n) is 6.56. The lowest BCUT2D eigenvalue weighted by atomic mass is 10.1. The molecule has 7 heteroatoms. The molecule has 1 aromatic carbocycles. The Morgan fingerprint density at radius 1 is 1.27 bits per heavy atom. The highest BCUT2D eigenvalue weighted by Gasteiger charge is 2.07. The summed E-state index contributed by atoms with van der Waals surface area (Å²) in [5.41, 5.74) is 1.57. The number of hydrogen-bond acceptors (Lipinski definition) is 5. The summed E-state index contributed by atoms with van der Waals surface area (Å²) in [4.78, 5) is 18.3. The van der Waals surface area contributed by atoms with Crippen LogP contribution in [0.25, 0.3) is 0 Å². The lowest BCUT2D eigenvalue weighted by Crippen LogP contribution is -2.07. The smallest absolute Gasteiger partial charge is 0.347 e. The normalized spacial score (nSPS) is 11.7. The Labute approximate surface area is 128 Å². The van der Waals surface area contributed by atoms with E-state index in [4.69, 9.17) is 4.84 Å². The largest absolute Gasteiger partial charge is 0.369 e. The van der Waals surface area contributed by atoms with Crippen molar-refractivity contribution in [2.75, 3.05) is 14.1 Å². The molecule has 0 radical (unpaired) electrons. The van der Waals surface area contributed by atoms with Gasteiger partial charge in [-0.05, 0) is 12.5 Å². The molecule has 0 aliphatic heterocycles. The Kier molecular flexibility index (Phi) is 5.13. The van der Waals surface area contributed by atoms with E-state index in [1.807, 2.05) is 30.3 Å². The van der Waals surface area contributed by atoms with E-state index in [0.717, 1.165) is 11.8 Å². The second-order valence-corrected chi connectivity index (χ2v) is 4.67. The highest BCUT2D eigenvalue weighted by Crippen LogP contribution is 2.16. The first kappa shape index (κ1) is 15.6. The van der Waals surface area contributed by atoms with Gasteiger partial charge in [0.1, 0.15) is 0 Å². The summed E-state index contributed by atoms with van der Waals surface area (Å²) < 4.78 is 13.5. The van der Waals surface area contributed by atoms with Crippen LogP contribution in [0.3, 0.4) is 0 Å². The van der Waals surface area contributed by atoms with E-state index in [1.165, 1.54) is 6.34 Å². The number of halogens is 1. The summed E-state index contributed by atoms with van der Waals surface area (Å²) in [6.07, 6.45) is 2.44. The lowest BCUT2D eigenvalue weighted by Gasteiger charge is -2.03. The zero-order valence-corrected chi connectivity index (χ0v) is 12.6. The van der Waals surface area contributed by atoms with Crippen LogP contribution in [0.4, 0.5) is 10.2 Å². The van der Waals surface area contributed by atoms with Crippen LogP contribution in [-0.2, 0) is 0 Å². The standard InChI is InChI=1S/C15H16FN5O/c1-11(12-7-5-4-6-8-12)20-22-15-17-9-13(16)14(19-15)18-10-21(2)3/h4-10H,1-3H3/b18-10?,20-11-. The predicted octanol–water partition coefficient (Wildman–Crippen LogP) is 2.64. The number of rotatable bonds is 5. The third kappa shape index (κ3) is 4.34. The van der Waals surface area contributed by atoms with Crippen LogP contribution in [0.2, 0.25) is 0 Å². The van der Waals surface area contributed by atoms with E-state index in [9.17, 15) is 4.39 Å². The molecule has 0 aliphatic rings. The number of benzene rings is 1. The average molecular weight is 301 g/mol. The highest BCUT2D eigenvalue weighted by molar-refractivity contribution is 5.98. The molecule has 0 spiro atoms. The molecule has 0 atom stereocenters. The summed E-state index contributed by atoms with van der Waals surface area (Å²) in [5.74, 6) is -0.736. The molecule has 0 bridgehead atoms. The highest BCUT2D eigenvalue weighted by atomic mass is 19.1. The zero-order valence-electron chi connectivity index (χ0n) is 12.6. The minimum Gasteiger partial charge on any atom is -0.369 e. The van der Waals surface area contributed by atoms with Crippen molar-refractivity contribution in [3.63, 3.8) is 0 Å². The molecule has 0 fully saturated rings. The van der Waals surface area contributed by atoms with Crippen LogP contribution < -0.4 is 4.84 Å². The maximum atomic E-state index is 13.5. The molecule has 2 aromatic rings. The van der Waals surface area contributed by atoms with Gasteiger partial charge in [0.25, 0.3) is 0 Å². The molecule has 114 valence electrons. The topological polar surface area (TPSA) is 63.0 Å². The van der Waals surface area contributed by atoms with E-state index < -0.39 is 5.82 Å². The lowest BCUT2D eigenvalue weighted by molar-refractivity contribution is 0.311. The van der Waals surface area contributed by atoms with Gasteiger partial charge in [-0.25, -0.2) is 9.38 Å². The zero-order chi connectivity index (χ0) is 15.9. The molecule has 1 aromatic heterocycles. The van der Waals surface area contributed by atoms with Crippen LogP contribution in [-0.4, -0.2) is 41.0 Å². The molecular formula is C15H16FN5O. The van der Waals surface area contributed by atoms with Crippen molar-refractivity contribution >= 4 is 17.9 Å². The minimum absolute atomic E-state index is 0.0670. The van der Waals surface area contributed by atoms with E-state index in [2.05, 4.69) is 20.1 Å². The van der Waals surface area contributed by atoms with E-state index >= 15 is 0 Å². The monoisotopic (exact) mass is 301 g/mol. The number of hydrogen-bond donors (Lipinski definition) is 0. The van der Waals surface area contributed by atoms with Gasteiger partial charge in [-0.1, -0.05) is 35.5 Å². The van der Waals surface area contributed by atoms with Crippen LogP contribution >= 0.6 is 0 Å². The van der Waals surface area contributed by atoms with Crippen LogP contribution in [0.5, 0.6) is 6.01 Å². The first-order chi connectivity index (χ1) is 10.6. The molecule has 1 heterocycles. The SMILES string of the molecule is C/C(=N/Oc1ncc(F)c(N=CN(C)C)n1)c1ccccc1. The molecule has 0 saturated carbocycles. The van der Waals surface area contributed by atoms with Gasteiger partial charge in [0.2, 0.25) is 0 Å². The maximum Gasteiger partial charge on any atom is 0.347 e. The van der Waals surface area contributed by atoms with E-state index in [1.54, 1.807) is 25.9 Å². The molecule has 0 aliphatic carbocycles. The quantitative estimate of drug-likeness (QED) is 0.484. The van der Waals surface area contributed by atoms with Crippen molar-refractivity contribution in [3.05, 3.63) is 47.9 Å². The number of aliphatic imine (C=N–C) groups is 1. The fourth-order valence-electron chi connectivity index (χ4n) is 1.49. The van der Waals surface area contributed by atoms with Gasteiger partial charge in [-0.2, -0.15) is 9.97 Å². The van der Waals surface area contributed by atoms with Crippen molar-refractivity contribution < 1.29 is 9.23 Å². The first-order valence-corrected chi connectivity index (χ1v) is 6.56. The number of aromatic nitrogens is 2. The van der Waals surface area contributed by atoms with Crippen LogP contribution in [0.1, 0.15) is 12.5 Å². The Bertz CT molecular complexity index is 686. The summed E-state index contributed by atoms with van der Waals surface area (Å²) in [6, 6.07) is 9.45. The Morgan fingerprint density at radius 2 is 2.00 bits per heavy atom. The van der Waals surface area contributed by atoms with Gasteiger partial charge >= 0.3 is 6.01 Å². The van der Waals surface area contributed by atoms with Gasteiger partial charge in [0, 0.05) is 14.1 Å². The van der Waals surface area contributed by atoms with Crippen LogP contribution in [0.15, 0.2) is 46.7 Å².